The number of rotatable bonds is 11. The number of hydrogen-bond acceptors (Lipinski definition) is 4. The normalized spacial score (nSPS) is 36.1. The first-order valence-electron chi connectivity index (χ1n) is 14.8. The second-order valence-corrected chi connectivity index (χ2v) is 12.6. The molecule has 0 aromatic heterocycles. The Labute approximate surface area is 213 Å². The van der Waals surface area contributed by atoms with E-state index >= 15 is 0 Å². The molecule has 0 radical (unpaired) electrons. The van der Waals surface area contributed by atoms with E-state index in [1.54, 1.807) is 0 Å². The van der Waals surface area contributed by atoms with E-state index in [-0.39, 0.29) is 22.7 Å². The van der Waals surface area contributed by atoms with Gasteiger partial charge in [-0.1, -0.05) is 71.3 Å². The van der Waals surface area contributed by atoms with Gasteiger partial charge in [-0.25, -0.2) is 4.79 Å². The van der Waals surface area contributed by atoms with Crippen molar-refractivity contribution in [1.29, 1.82) is 0 Å². The summed E-state index contributed by atoms with van der Waals surface area (Å²) >= 11 is 0. The van der Waals surface area contributed by atoms with Crippen LogP contribution < -0.4 is 0 Å². The Morgan fingerprint density at radius 3 is 2.34 bits per heavy atom. The molecule has 0 saturated heterocycles. The molecule has 3 saturated carbocycles. The number of ketones is 2. The third-order valence-corrected chi connectivity index (χ3v) is 10.6. The van der Waals surface area contributed by atoms with E-state index in [2.05, 4.69) is 20.8 Å². The van der Waals surface area contributed by atoms with E-state index in [0.717, 1.165) is 64.2 Å². The van der Waals surface area contributed by atoms with E-state index in [1.165, 1.54) is 37.7 Å². The van der Waals surface area contributed by atoms with Crippen LogP contribution in [0.1, 0.15) is 130 Å². The van der Waals surface area contributed by atoms with Gasteiger partial charge in [0.1, 0.15) is 6.10 Å². The van der Waals surface area contributed by atoms with Crippen LogP contribution in [0.15, 0.2) is 11.6 Å². The van der Waals surface area contributed by atoms with Crippen LogP contribution in [0.25, 0.3) is 0 Å². The van der Waals surface area contributed by atoms with Gasteiger partial charge in [-0.15, -0.1) is 0 Å². The minimum atomic E-state index is -0.589. The lowest BCUT2D eigenvalue weighted by Crippen LogP contribution is -2.51. The Bertz CT molecular complexity index is 828. The summed E-state index contributed by atoms with van der Waals surface area (Å²) in [4.78, 5) is 37.3. The summed E-state index contributed by atoms with van der Waals surface area (Å²) in [7, 11) is 0. The number of hydrogen-bond donors (Lipinski definition) is 0. The number of fused-ring (bicyclic) bond motifs is 5. The molecular weight excluding hydrogens is 436 g/mol. The maximum absolute atomic E-state index is 12.7. The van der Waals surface area contributed by atoms with E-state index in [1.807, 2.05) is 6.08 Å². The molecule has 0 aromatic carbocycles. The highest BCUT2D eigenvalue weighted by atomic mass is 16.5. The maximum Gasteiger partial charge on any atom is 0.374 e. The van der Waals surface area contributed by atoms with Crippen LogP contribution in [0, 0.1) is 28.6 Å². The van der Waals surface area contributed by atoms with Crippen LogP contribution in [0.3, 0.4) is 0 Å². The molecular formula is C31H48O4. The van der Waals surface area contributed by atoms with Crippen molar-refractivity contribution in [3.63, 3.8) is 0 Å². The van der Waals surface area contributed by atoms with Crippen LogP contribution in [-0.4, -0.2) is 23.6 Å². The molecule has 4 rings (SSSR count). The van der Waals surface area contributed by atoms with Crippen LogP contribution in [0.5, 0.6) is 0 Å². The topological polar surface area (TPSA) is 60.4 Å². The summed E-state index contributed by atoms with van der Waals surface area (Å²) in [6, 6.07) is 0. The fourth-order valence-electron chi connectivity index (χ4n) is 8.42. The monoisotopic (exact) mass is 484 g/mol. The summed E-state index contributed by atoms with van der Waals surface area (Å²) in [5.74, 6) is 1.21. The third-order valence-electron chi connectivity index (χ3n) is 10.6. The van der Waals surface area contributed by atoms with E-state index in [0.29, 0.717) is 36.4 Å². The van der Waals surface area contributed by atoms with Crippen LogP contribution in [0.2, 0.25) is 0 Å². The highest BCUT2D eigenvalue weighted by Crippen LogP contribution is 2.65. The van der Waals surface area contributed by atoms with E-state index < -0.39 is 5.97 Å². The summed E-state index contributed by atoms with van der Waals surface area (Å²) in [5.41, 5.74) is 1.54. The van der Waals surface area contributed by atoms with Crippen molar-refractivity contribution < 1.29 is 19.1 Å². The molecule has 0 unspecified atom stereocenters. The zero-order valence-corrected chi connectivity index (χ0v) is 22.5. The zero-order chi connectivity index (χ0) is 25.1. The fraction of sp³-hybridized carbons (Fsp3) is 0.839. The molecule has 0 aliphatic heterocycles. The average molecular weight is 485 g/mol. The smallest absolute Gasteiger partial charge is 0.374 e. The minimum absolute atomic E-state index is 0.0162. The van der Waals surface area contributed by atoms with Crippen molar-refractivity contribution in [3.8, 4) is 0 Å². The number of Topliss-reactive ketones (excluding diaryl/α,β-unsaturated/α-hetero) is 1. The van der Waals surface area contributed by atoms with Crippen molar-refractivity contribution in [2.45, 2.75) is 136 Å². The van der Waals surface area contributed by atoms with Crippen LogP contribution >= 0.6 is 0 Å². The number of esters is 1. The standard InChI is InChI=1S/C31H48O4/c1-4-5-6-7-8-9-10-11-12-27(33)29(34)35-28-16-15-25-24-14-13-22-21-23(32)17-19-30(22,2)26(24)18-20-31(25,28)3/h21,24-26,28H,4-20H2,1-3H3/t24-,25-,26-,28-,30-,31-/m0/s1. The summed E-state index contributed by atoms with van der Waals surface area (Å²) in [5, 5.41) is 0. The molecule has 4 nitrogen and oxygen atoms in total. The summed E-state index contributed by atoms with van der Waals surface area (Å²) in [6.07, 6.45) is 19.6. The molecule has 0 aromatic rings. The highest BCUT2D eigenvalue weighted by molar-refractivity contribution is 6.33. The van der Waals surface area contributed by atoms with Gasteiger partial charge in [-0.05, 0) is 80.6 Å². The van der Waals surface area contributed by atoms with E-state index in [4.69, 9.17) is 4.74 Å². The lowest BCUT2D eigenvalue weighted by Gasteiger charge is -2.57. The van der Waals surface area contributed by atoms with Gasteiger partial charge in [0, 0.05) is 18.3 Å². The Morgan fingerprint density at radius 1 is 0.886 bits per heavy atom. The third kappa shape index (κ3) is 5.47. The molecule has 0 bridgehead atoms. The van der Waals surface area contributed by atoms with Gasteiger partial charge >= 0.3 is 5.97 Å². The summed E-state index contributed by atoms with van der Waals surface area (Å²) in [6.45, 7) is 6.95. The first-order chi connectivity index (χ1) is 16.8. The van der Waals surface area contributed by atoms with Gasteiger partial charge < -0.3 is 4.74 Å². The van der Waals surface area contributed by atoms with Gasteiger partial charge in [0.2, 0.25) is 5.78 Å². The molecule has 0 spiro atoms. The molecule has 3 fully saturated rings. The van der Waals surface area contributed by atoms with Crippen molar-refractivity contribution >= 4 is 17.5 Å². The Hall–Kier alpha value is -1.45. The van der Waals surface area contributed by atoms with Crippen molar-refractivity contribution in [1.82, 2.24) is 0 Å². The first-order valence-corrected chi connectivity index (χ1v) is 14.8. The predicted octanol–water partition coefficient (Wildman–Crippen LogP) is 7.53. The lowest BCUT2D eigenvalue weighted by molar-refractivity contribution is -0.166. The second-order valence-electron chi connectivity index (χ2n) is 12.6. The molecule has 4 aliphatic rings. The number of carbonyl (C=O) groups is 3. The molecule has 0 N–H and O–H groups in total. The Balaban J connectivity index is 1.27. The quantitative estimate of drug-likeness (QED) is 0.173. The largest absolute Gasteiger partial charge is 0.456 e. The maximum atomic E-state index is 12.7. The molecule has 4 aliphatic carbocycles. The SMILES string of the molecule is CCCCCCCCCCC(=O)C(=O)O[C@H]1CC[C@H]2[C@@H]3CCC4=CC(=O)CC[C@]4(C)[C@H]3CC[C@]12C. The van der Waals surface area contributed by atoms with Gasteiger partial charge in [-0.3, -0.25) is 9.59 Å². The molecule has 0 amide bonds. The minimum Gasteiger partial charge on any atom is -0.456 e. The van der Waals surface area contributed by atoms with Gasteiger partial charge in [0.25, 0.3) is 0 Å². The number of ether oxygens (including phenoxy) is 1. The van der Waals surface area contributed by atoms with E-state index in [9.17, 15) is 14.4 Å². The predicted molar refractivity (Wildman–Crippen MR) is 139 cm³/mol. The highest BCUT2D eigenvalue weighted by Gasteiger charge is 2.60. The van der Waals surface area contributed by atoms with Gasteiger partial charge in [-0.2, -0.15) is 0 Å². The number of unbranched alkanes of at least 4 members (excludes halogenated alkanes) is 7. The second kappa shape index (κ2) is 11.3. The first kappa shape index (κ1) is 26.6. The zero-order valence-electron chi connectivity index (χ0n) is 22.5. The molecule has 4 heteroatoms. The summed E-state index contributed by atoms with van der Waals surface area (Å²) < 4.78 is 5.95. The molecule has 196 valence electrons. The van der Waals surface area contributed by atoms with Crippen molar-refractivity contribution in [2.24, 2.45) is 28.6 Å². The Kier molecular flexibility index (Phi) is 8.59. The number of allylic oxidation sites excluding steroid dienone is 1. The van der Waals surface area contributed by atoms with Gasteiger partial charge in [0.05, 0.1) is 0 Å². The lowest BCUT2D eigenvalue weighted by atomic mass is 9.47. The van der Waals surface area contributed by atoms with Crippen molar-refractivity contribution in [2.75, 3.05) is 0 Å². The van der Waals surface area contributed by atoms with Crippen LogP contribution in [0.4, 0.5) is 0 Å². The fourth-order valence-corrected chi connectivity index (χ4v) is 8.42. The van der Waals surface area contributed by atoms with Crippen molar-refractivity contribution in [3.05, 3.63) is 11.6 Å². The van der Waals surface area contributed by atoms with Crippen LogP contribution in [-0.2, 0) is 19.1 Å². The number of carbonyl (C=O) groups excluding carboxylic acids is 3. The molecule has 0 heterocycles. The van der Waals surface area contributed by atoms with Gasteiger partial charge in [0.15, 0.2) is 5.78 Å². The molecule has 6 atom stereocenters. The Morgan fingerprint density at radius 2 is 1.60 bits per heavy atom. The average Bonchev–Trinajstić information content (AvgIpc) is 3.17. The molecule has 35 heavy (non-hydrogen) atoms.